The van der Waals surface area contributed by atoms with Crippen LogP contribution < -0.4 is 4.74 Å². The maximum Gasteiger partial charge on any atom is 0.178 e. The summed E-state index contributed by atoms with van der Waals surface area (Å²) in [5.41, 5.74) is 2.13. The Labute approximate surface area is 146 Å². The van der Waals surface area contributed by atoms with Crippen LogP contribution in [0.3, 0.4) is 0 Å². The first-order valence-corrected chi connectivity index (χ1v) is 8.81. The summed E-state index contributed by atoms with van der Waals surface area (Å²) in [6.07, 6.45) is 0. The fourth-order valence-corrected chi connectivity index (χ4v) is 5.20. The molecular formula is C12H3Br5O. The molecule has 92 valence electrons. The van der Waals surface area contributed by atoms with E-state index in [4.69, 9.17) is 4.74 Å². The Kier molecular flexibility index (Phi) is 3.69. The molecule has 0 atom stereocenters. The van der Waals surface area contributed by atoms with Gasteiger partial charge in [0.2, 0.25) is 0 Å². The molecule has 1 heterocycles. The quantitative estimate of drug-likeness (QED) is 0.173. The van der Waals surface area contributed by atoms with Gasteiger partial charge in [0.25, 0.3) is 0 Å². The minimum Gasteiger partial charge on any atom is -0.449 e. The smallest absolute Gasteiger partial charge is 0.178 e. The molecule has 2 aromatic rings. The number of ether oxygens (including phenoxy) is 1. The zero-order valence-electron chi connectivity index (χ0n) is 8.53. The largest absolute Gasteiger partial charge is 0.449 e. The van der Waals surface area contributed by atoms with Gasteiger partial charge >= 0.3 is 0 Å². The summed E-state index contributed by atoms with van der Waals surface area (Å²) in [5, 5.41) is 0. The van der Waals surface area contributed by atoms with Gasteiger partial charge in [0.15, 0.2) is 11.5 Å². The van der Waals surface area contributed by atoms with E-state index in [0.29, 0.717) is 0 Å². The molecule has 0 N–H and O–H groups in total. The second-order valence-corrected chi connectivity index (χ2v) is 7.64. The molecule has 0 radical (unpaired) electrons. The van der Waals surface area contributed by atoms with E-state index in [1.807, 2.05) is 18.2 Å². The summed E-state index contributed by atoms with van der Waals surface area (Å²) in [5.74, 6) is 1.89. The first-order chi connectivity index (χ1) is 8.52. The van der Waals surface area contributed by atoms with Crippen LogP contribution in [0.15, 0.2) is 40.6 Å². The first-order valence-electron chi connectivity index (χ1n) is 4.85. The number of benzene rings is 2. The number of hydrogen-bond acceptors (Lipinski definition) is 1. The predicted octanol–water partition coefficient (Wildman–Crippen LogP) is 7.27. The monoisotopic (exact) mass is 558 g/mol. The standard InChI is InChI=1S/C12H3Br5O/c13-7-6(4-2-1-3-5-12(4)18-5)8(14)10(16)11(17)9(7)15/h1-3H. The summed E-state index contributed by atoms with van der Waals surface area (Å²) in [4.78, 5) is 0. The van der Waals surface area contributed by atoms with Crippen molar-refractivity contribution in [3.8, 4) is 22.6 Å². The van der Waals surface area contributed by atoms with Crippen molar-refractivity contribution in [1.82, 2.24) is 0 Å². The Balaban J connectivity index is 2.35. The Morgan fingerprint density at radius 2 is 1.28 bits per heavy atom. The van der Waals surface area contributed by atoms with Gasteiger partial charge in [0.05, 0.1) is 0 Å². The summed E-state index contributed by atoms with van der Waals surface area (Å²) in [7, 11) is 0. The molecular weight excluding hydrogens is 560 g/mol. The van der Waals surface area contributed by atoms with Gasteiger partial charge < -0.3 is 4.74 Å². The van der Waals surface area contributed by atoms with Crippen LogP contribution in [0.25, 0.3) is 11.1 Å². The highest BCUT2D eigenvalue weighted by Gasteiger charge is 2.28. The van der Waals surface area contributed by atoms with Crippen LogP contribution >= 0.6 is 79.6 Å². The van der Waals surface area contributed by atoms with Gasteiger partial charge in [-0.25, -0.2) is 0 Å². The Hall–Kier alpha value is 0.640. The third kappa shape index (κ3) is 2.04. The molecule has 6 heteroatoms. The minimum absolute atomic E-state index is 0.944. The fraction of sp³-hybridized carbons (Fsp3) is 0. The second kappa shape index (κ2) is 4.88. The summed E-state index contributed by atoms with van der Waals surface area (Å²) in [6, 6.07) is 6.00. The fourth-order valence-electron chi connectivity index (χ4n) is 1.73. The highest BCUT2D eigenvalue weighted by Crippen LogP contribution is 2.57. The van der Waals surface area contributed by atoms with Crippen LogP contribution in [0.2, 0.25) is 0 Å². The van der Waals surface area contributed by atoms with E-state index in [2.05, 4.69) is 79.6 Å². The van der Waals surface area contributed by atoms with E-state index in [0.717, 1.165) is 45.0 Å². The molecule has 1 aliphatic heterocycles. The Morgan fingerprint density at radius 1 is 0.722 bits per heavy atom. The van der Waals surface area contributed by atoms with Crippen molar-refractivity contribution in [3.63, 3.8) is 0 Å². The van der Waals surface area contributed by atoms with Crippen LogP contribution in [0, 0.1) is 0 Å². The van der Waals surface area contributed by atoms with Crippen molar-refractivity contribution in [3.05, 3.63) is 40.6 Å². The summed E-state index contributed by atoms with van der Waals surface area (Å²) >= 11 is 17.9. The molecule has 0 aliphatic carbocycles. The molecule has 0 aromatic heterocycles. The van der Waals surface area contributed by atoms with Crippen molar-refractivity contribution in [2.45, 2.75) is 0 Å². The van der Waals surface area contributed by atoms with Crippen molar-refractivity contribution in [2.24, 2.45) is 0 Å². The van der Waals surface area contributed by atoms with E-state index in [-0.39, 0.29) is 0 Å². The van der Waals surface area contributed by atoms with Gasteiger partial charge in [-0.3, -0.25) is 0 Å². The second-order valence-electron chi connectivity index (χ2n) is 3.68. The first kappa shape index (κ1) is 13.6. The number of hydrogen-bond donors (Lipinski definition) is 0. The lowest BCUT2D eigenvalue weighted by molar-refractivity contribution is 0.651. The topological polar surface area (TPSA) is 12.5 Å². The molecule has 18 heavy (non-hydrogen) atoms. The molecule has 0 amide bonds. The Bertz CT molecular complexity index is 652. The SMILES string of the molecule is Brc1c(Br)c(Br)c(-c2cccc3c2O3)c(Br)c1Br. The number of rotatable bonds is 1. The third-order valence-corrected chi connectivity index (χ3v) is 8.72. The summed E-state index contributed by atoms with van der Waals surface area (Å²) in [6.45, 7) is 0. The van der Waals surface area contributed by atoms with Crippen LogP contribution in [0.1, 0.15) is 0 Å². The molecule has 0 fully saturated rings. The molecule has 0 saturated heterocycles. The van der Waals surface area contributed by atoms with E-state index < -0.39 is 0 Å². The number of halogens is 5. The highest BCUT2D eigenvalue weighted by atomic mass is 79.9. The van der Waals surface area contributed by atoms with E-state index in [1.54, 1.807) is 0 Å². The zero-order valence-corrected chi connectivity index (χ0v) is 16.5. The third-order valence-electron chi connectivity index (χ3n) is 2.63. The Morgan fingerprint density at radius 3 is 1.89 bits per heavy atom. The normalized spacial score (nSPS) is 12.1. The van der Waals surface area contributed by atoms with E-state index in [9.17, 15) is 0 Å². The van der Waals surface area contributed by atoms with Crippen molar-refractivity contribution < 1.29 is 4.74 Å². The molecule has 0 unspecified atom stereocenters. The lowest BCUT2D eigenvalue weighted by Crippen LogP contribution is -1.87. The maximum absolute atomic E-state index is 5.46. The zero-order chi connectivity index (χ0) is 13.0. The van der Waals surface area contributed by atoms with Crippen molar-refractivity contribution in [1.29, 1.82) is 0 Å². The van der Waals surface area contributed by atoms with Gasteiger partial charge in [-0.05, 0) is 85.7 Å². The predicted molar refractivity (Wildman–Crippen MR) is 90.5 cm³/mol. The van der Waals surface area contributed by atoms with E-state index >= 15 is 0 Å². The number of fused-ring (bicyclic) bond motifs is 1. The van der Waals surface area contributed by atoms with E-state index in [1.165, 1.54) is 0 Å². The van der Waals surface area contributed by atoms with Crippen LogP contribution in [-0.2, 0) is 0 Å². The molecule has 1 nitrogen and oxygen atoms in total. The molecule has 0 spiro atoms. The molecule has 3 rings (SSSR count). The van der Waals surface area contributed by atoms with Crippen molar-refractivity contribution in [2.75, 3.05) is 0 Å². The number of para-hydroxylation sites is 1. The minimum atomic E-state index is 0.944. The molecule has 0 bridgehead atoms. The van der Waals surface area contributed by atoms with Gasteiger partial charge in [-0.2, -0.15) is 0 Å². The van der Waals surface area contributed by atoms with Crippen LogP contribution in [0.5, 0.6) is 11.5 Å². The molecule has 2 aromatic carbocycles. The maximum atomic E-state index is 5.46. The highest BCUT2D eigenvalue weighted by molar-refractivity contribution is 9.15. The average molecular weight is 563 g/mol. The lowest BCUT2D eigenvalue weighted by atomic mass is 10.1. The van der Waals surface area contributed by atoms with Gasteiger partial charge in [-0.1, -0.05) is 12.1 Å². The van der Waals surface area contributed by atoms with Gasteiger partial charge in [-0.15, -0.1) is 0 Å². The van der Waals surface area contributed by atoms with Crippen molar-refractivity contribution >= 4 is 79.6 Å². The molecule has 0 saturated carbocycles. The van der Waals surface area contributed by atoms with Gasteiger partial charge in [0, 0.05) is 33.5 Å². The summed E-state index contributed by atoms with van der Waals surface area (Å²) < 4.78 is 10.3. The average Bonchev–Trinajstić information content (AvgIpc) is 3.14. The van der Waals surface area contributed by atoms with Gasteiger partial charge in [0.1, 0.15) is 0 Å². The van der Waals surface area contributed by atoms with Crippen LogP contribution in [0.4, 0.5) is 0 Å². The molecule has 1 aliphatic rings. The lowest BCUT2D eigenvalue weighted by Gasteiger charge is -2.13. The van der Waals surface area contributed by atoms with Crippen LogP contribution in [-0.4, -0.2) is 0 Å².